The van der Waals surface area contributed by atoms with E-state index in [1.54, 1.807) is 0 Å². The molecule has 4 heterocycles. The molecule has 0 radical (unpaired) electrons. The first-order valence-electron chi connectivity index (χ1n) is 9.40. The molecule has 0 spiro atoms. The number of benzene rings is 1. The molecule has 136 valence electrons. The van der Waals surface area contributed by atoms with Crippen LogP contribution >= 0.6 is 11.8 Å². The van der Waals surface area contributed by atoms with E-state index in [0.717, 1.165) is 43.9 Å². The van der Waals surface area contributed by atoms with Gasteiger partial charge in [-0.1, -0.05) is 24.3 Å². The van der Waals surface area contributed by atoms with Crippen molar-refractivity contribution in [3.8, 4) is 0 Å². The molecule has 2 atom stereocenters. The molecule has 1 aromatic heterocycles. The van der Waals surface area contributed by atoms with Crippen LogP contribution in [0.4, 0.5) is 0 Å². The number of aromatic nitrogens is 1. The summed E-state index contributed by atoms with van der Waals surface area (Å²) in [5.74, 6) is 1.54. The average molecular weight is 368 g/mol. The van der Waals surface area contributed by atoms with E-state index in [9.17, 15) is 4.79 Å². The van der Waals surface area contributed by atoms with Gasteiger partial charge in [0, 0.05) is 42.5 Å². The van der Waals surface area contributed by atoms with E-state index in [4.69, 9.17) is 0 Å². The van der Waals surface area contributed by atoms with E-state index >= 15 is 0 Å². The lowest BCUT2D eigenvalue weighted by Crippen LogP contribution is -2.47. The average Bonchev–Trinajstić information content (AvgIpc) is 2.95. The Morgan fingerprint density at radius 1 is 1.04 bits per heavy atom. The van der Waals surface area contributed by atoms with E-state index in [-0.39, 0.29) is 5.92 Å². The molecule has 5 heteroatoms. The summed E-state index contributed by atoms with van der Waals surface area (Å²) < 4.78 is 0. The third kappa shape index (κ3) is 4.10. The Morgan fingerprint density at radius 2 is 1.88 bits per heavy atom. The van der Waals surface area contributed by atoms with Crippen molar-refractivity contribution in [2.45, 2.75) is 30.3 Å². The van der Waals surface area contributed by atoms with Gasteiger partial charge < -0.3 is 4.90 Å². The standard InChI is InChI=1S/C21H25N3OS/c25-21-17-9-10-19(24(21)15-18-6-4-5-11-22-18)16-23(14-17)12-13-26-20-7-2-1-3-8-20/h1-8,11,17,19H,9-10,12-16H2/t17-,19+/m0/s1. The summed E-state index contributed by atoms with van der Waals surface area (Å²) >= 11 is 1.90. The van der Waals surface area contributed by atoms with E-state index in [1.807, 2.05) is 36.2 Å². The van der Waals surface area contributed by atoms with Gasteiger partial charge in [0.1, 0.15) is 0 Å². The molecule has 0 unspecified atom stereocenters. The fraction of sp³-hybridized carbons (Fsp3) is 0.429. The van der Waals surface area contributed by atoms with Crippen LogP contribution in [0.3, 0.4) is 0 Å². The first-order valence-corrected chi connectivity index (χ1v) is 10.4. The van der Waals surface area contributed by atoms with Gasteiger partial charge in [-0.25, -0.2) is 0 Å². The number of fused-ring (bicyclic) bond motifs is 4. The van der Waals surface area contributed by atoms with Gasteiger partial charge in [-0.05, 0) is 37.1 Å². The third-order valence-electron chi connectivity index (χ3n) is 5.35. The fourth-order valence-corrected chi connectivity index (χ4v) is 4.93. The number of thioether (sulfide) groups is 1. The van der Waals surface area contributed by atoms with Crippen LogP contribution in [0.5, 0.6) is 0 Å². The molecular weight excluding hydrogens is 342 g/mol. The Kier molecular flexibility index (Phi) is 5.56. The summed E-state index contributed by atoms with van der Waals surface area (Å²) in [6, 6.07) is 16.8. The summed E-state index contributed by atoms with van der Waals surface area (Å²) in [6.07, 6.45) is 3.96. The topological polar surface area (TPSA) is 36.4 Å². The molecule has 0 aliphatic carbocycles. The van der Waals surface area contributed by atoms with E-state index in [1.165, 1.54) is 4.90 Å². The van der Waals surface area contributed by atoms with Crippen molar-refractivity contribution in [3.05, 3.63) is 60.4 Å². The van der Waals surface area contributed by atoms with E-state index in [2.05, 4.69) is 45.1 Å². The minimum atomic E-state index is 0.152. The first kappa shape index (κ1) is 17.6. The normalized spacial score (nSPS) is 23.2. The van der Waals surface area contributed by atoms with Crippen molar-refractivity contribution in [3.63, 3.8) is 0 Å². The number of rotatable bonds is 6. The van der Waals surface area contributed by atoms with Gasteiger partial charge in [0.2, 0.25) is 5.91 Å². The highest BCUT2D eigenvalue weighted by molar-refractivity contribution is 7.99. The van der Waals surface area contributed by atoms with Gasteiger partial charge in [-0.15, -0.1) is 11.8 Å². The van der Waals surface area contributed by atoms with Crippen LogP contribution in [0.15, 0.2) is 59.6 Å². The molecule has 0 N–H and O–H groups in total. The lowest BCUT2D eigenvalue weighted by molar-refractivity contribution is -0.140. The second-order valence-corrected chi connectivity index (χ2v) is 8.30. The molecule has 1 aromatic carbocycles. The highest BCUT2D eigenvalue weighted by atomic mass is 32.2. The minimum absolute atomic E-state index is 0.152. The summed E-state index contributed by atoms with van der Waals surface area (Å²) in [5.41, 5.74) is 0.986. The smallest absolute Gasteiger partial charge is 0.227 e. The highest BCUT2D eigenvalue weighted by Crippen LogP contribution is 2.30. The van der Waals surface area contributed by atoms with Crippen LogP contribution < -0.4 is 0 Å². The van der Waals surface area contributed by atoms with Crippen LogP contribution in [0.25, 0.3) is 0 Å². The predicted octanol–water partition coefficient (Wildman–Crippen LogP) is 3.30. The van der Waals surface area contributed by atoms with Gasteiger partial charge in [0.25, 0.3) is 0 Å². The number of amides is 1. The van der Waals surface area contributed by atoms with Crippen LogP contribution in [0.2, 0.25) is 0 Å². The van der Waals surface area contributed by atoms with Crippen molar-refractivity contribution in [1.82, 2.24) is 14.8 Å². The van der Waals surface area contributed by atoms with Gasteiger partial charge >= 0.3 is 0 Å². The maximum atomic E-state index is 12.9. The molecule has 0 saturated carbocycles. The Balaban J connectivity index is 1.37. The maximum absolute atomic E-state index is 12.9. The zero-order valence-corrected chi connectivity index (χ0v) is 15.8. The maximum Gasteiger partial charge on any atom is 0.227 e. The van der Waals surface area contributed by atoms with Crippen molar-refractivity contribution >= 4 is 17.7 Å². The van der Waals surface area contributed by atoms with Crippen molar-refractivity contribution < 1.29 is 4.79 Å². The zero-order chi connectivity index (χ0) is 17.8. The molecule has 26 heavy (non-hydrogen) atoms. The number of piperidine rings is 1. The van der Waals surface area contributed by atoms with Crippen LogP contribution in [0.1, 0.15) is 18.5 Å². The molecule has 3 saturated heterocycles. The second-order valence-electron chi connectivity index (χ2n) is 7.14. The van der Waals surface area contributed by atoms with Gasteiger partial charge in [-0.3, -0.25) is 14.7 Å². The number of nitrogens with zero attached hydrogens (tertiary/aromatic N) is 3. The van der Waals surface area contributed by atoms with E-state index < -0.39 is 0 Å². The Bertz CT molecular complexity index is 725. The number of hydrogen-bond donors (Lipinski definition) is 0. The van der Waals surface area contributed by atoms with Gasteiger partial charge in [0.15, 0.2) is 0 Å². The van der Waals surface area contributed by atoms with Crippen molar-refractivity contribution in [1.29, 1.82) is 0 Å². The molecule has 5 rings (SSSR count). The molecule has 2 bridgehead atoms. The Morgan fingerprint density at radius 3 is 2.69 bits per heavy atom. The van der Waals surface area contributed by atoms with Gasteiger partial charge in [-0.2, -0.15) is 0 Å². The van der Waals surface area contributed by atoms with Crippen molar-refractivity contribution in [2.75, 3.05) is 25.4 Å². The number of pyridine rings is 1. The third-order valence-corrected chi connectivity index (χ3v) is 6.34. The first-order chi connectivity index (χ1) is 12.8. The highest BCUT2D eigenvalue weighted by Gasteiger charge is 2.40. The molecular formula is C21H25N3OS. The number of carbonyl (C=O) groups excluding carboxylic acids is 1. The Labute approximate surface area is 159 Å². The lowest BCUT2D eigenvalue weighted by Gasteiger charge is -2.35. The van der Waals surface area contributed by atoms with E-state index in [0.29, 0.717) is 18.5 Å². The summed E-state index contributed by atoms with van der Waals surface area (Å²) in [5, 5.41) is 0. The summed E-state index contributed by atoms with van der Waals surface area (Å²) in [7, 11) is 0. The minimum Gasteiger partial charge on any atom is -0.332 e. The Hall–Kier alpha value is -1.85. The quantitative estimate of drug-likeness (QED) is 0.734. The molecule has 4 nitrogen and oxygen atoms in total. The summed E-state index contributed by atoms with van der Waals surface area (Å²) in [4.78, 5) is 23.2. The fourth-order valence-electron chi connectivity index (χ4n) is 4.00. The van der Waals surface area contributed by atoms with Crippen molar-refractivity contribution in [2.24, 2.45) is 5.92 Å². The monoisotopic (exact) mass is 367 g/mol. The molecule has 2 aromatic rings. The van der Waals surface area contributed by atoms with Crippen LogP contribution in [-0.2, 0) is 11.3 Å². The largest absolute Gasteiger partial charge is 0.332 e. The van der Waals surface area contributed by atoms with Gasteiger partial charge in [0.05, 0.1) is 18.2 Å². The molecule has 3 fully saturated rings. The van der Waals surface area contributed by atoms with Crippen LogP contribution in [0, 0.1) is 5.92 Å². The zero-order valence-electron chi connectivity index (χ0n) is 15.0. The molecule has 1 amide bonds. The number of carbonyl (C=O) groups is 1. The van der Waals surface area contributed by atoms with Crippen LogP contribution in [-0.4, -0.2) is 52.1 Å². The number of hydrogen-bond acceptors (Lipinski definition) is 4. The SMILES string of the molecule is O=C1[C@H]2CC[C@H](CN(CCSc3ccccc3)C2)N1Cc1ccccn1. The predicted molar refractivity (Wildman–Crippen MR) is 105 cm³/mol. The molecule has 3 aliphatic rings. The molecule has 3 aliphatic heterocycles. The lowest BCUT2D eigenvalue weighted by atomic mass is 9.94. The second kappa shape index (κ2) is 8.23. The summed E-state index contributed by atoms with van der Waals surface area (Å²) in [6.45, 7) is 3.58.